The van der Waals surface area contributed by atoms with Gasteiger partial charge in [-0.25, -0.2) is 9.50 Å². The lowest BCUT2D eigenvalue weighted by Gasteiger charge is -2.36. The first-order chi connectivity index (χ1) is 13.8. The molecular formula is C22H32N6O. The zero-order chi connectivity index (χ0) is 21.1. The Bertz CT molecular complexity index is 918. The highest BCUT2D eigenvalue weighted by Gasteiger charge is 2.23. The summed E-state index contributed by atoms with van der Waals surface area (Å²) in [6.07, 6.45) is 3.85. The molecule has 3 rings (SSSR count). The summed E-state index contributed by atoms with van der Waals surface area (Å²) in [5.41, 5.74) is 3.85. The molecule has 3 atom stereocenters. The minimum absolute atomic E-state index is 0.0627. The zero-order valence-electron chi connectivity index (χ0n) is 18.2. The number of aromatic nitrogens is 3. The van der Waals surface area contributed by atoms with Crippen molar-refractivity contribution in [3.05, 3.63) is 28.7 Å². The van der Waals surface area contributed by atoms with Crippen molar-refractivity contribution in [2.45, 2.75) is 59.9 Å². The van der Waals surface area contributed by atoms with Crippen molar-refractivity contribution in [3.63, 3.8) is 0 Å². The Morgan fingerprint density at radius 3 is 2.69 bits per heavy atom. The van der Waals surface area contributed by atoms with Crippen LogP contribution >= 0.6 is 0 Å². The maximum absolute atomic E-state index is 12.5. The van der Waals surface area contributed by atoms with Crippen LogP contribution in [0.5, 0.6) is 0 Å². The fourth-order valence-electron chi connectivity index (χ4n) is 4.71. The molecule has 2 aromatic rings. The fourth-order valence-corrected chi connectivity index (χ4v) is 4.71. The van der Waals surface area contributed by atoms with Crippen molar-refractivity contribution in [1.82, 2.24) is 24.8 Å². The number of nitrogens with one attached hydrogen (secondary N) is 1. The van der Waals surface area contributed by atoms with Gasteiger partial charge in [-0.15, -0.1) is 0 Å². The van der Waals surface area contributed by atoms with Gasteiger partial charge in [0.25, 0.3) is 0 Å². The van der Waals surface area contributed by atoms with Crippen LogP contribution in [0.4, 0.5) is 0 Å². The Balaban J connectivity index is 1.57. The van der Waals surface area contributed by atoms with Crippen LogP contribution in [-0.2, 0) is 11.2 Å². The molecule has 1 saturated heterocycles. The molecule has 2 aromatic heterocycles. The minimum Gasteiger partial charge on any atom is -0.352 e. The van der Waals surface area contributed by atoms with E-state index in [9.17, 15) is 10.1 Å². The Morgan fingerprint density at radius 2 is 2.03 bits per heavy atom. The summed E-state index contributed by atoms with van der Waals surface area (Å²) in [6.45, 7) is 13.7. The topological polar surface area (TPSA) is 86.3 Å². The molecule has 29 heavy (non-hydrogen) atoms. The van der Waals surface area contributed by atoms with Gasteiger partial charge in [0, 0.05) is 43.5 Å². The number of likely N-dealkylation sites (tertiary alicyclic amines) is 1. The van der Waals surface area contributed by atoms with Crippen LogP contribution in [0.3, 0.4) is 0 Å². The van der Waals surface area contributed by atoms with Crippen LogP contribution in [0.15, 0.2) is 6.20 Å². The van der Waals surface area contributed by atoms with E-state index in [1.807, 2.05) is 13.8 Å². The van der Waals surface area contributed by atoms with Crippen molar-refractivity contribution in [2.24, 2.45) is 11.8 Å². The predicted octanol–water partition coefficient (Wildman–Crippen LogP) is 2.63. The van der Waals surface area contributed by atoms with Gasteiger partial charge in [-0.2, -0.15) is 10.4 Å². The molecule has 3 heterocycles. The second-order valence-electron chi connectivity index (χ2n) is 8.80. The average molecular weight is 397 g/mol. The molecular weight excluding hydrogens is 364 g/mol. The van der Waals surface area contributed by atoms with Gasteiger partial charge < -0.3 is 10.2 Å². The van der Waals surface area contributed by atoms with E-state index in [0.29, 0.717) is 24.1 Å². The summed E-state index contributed by atoms with van der Waals surface area (Å²) >= 11 is 0. The van der Waals surface area contributed by atoms with Crippen LogP contribution in [0.2, 0.25) is 0 Å². The Hall–Kier alpha value is -2.46. The average Bonchev–Trinajstić information content (AvgIpc) is 3.03. The molecule has 0 spiro atoms. The van der Waals surface area contributed by atoms with E-state index in [1.54, 1.807) is 4.52 Å². The quantitative estimate of drug-likeness (QED) is 0.811. The summed E-state index contributed by atoms with van der Waals surface area (Å²) < 4.78 is 1.69. The summed E-state index contributed by atoms with van der Waals surface area (Å²) in [7, 11) is 0. The monoisotopic (exact) mass is 396 g/mol. The van der Waals surface area contributed by atoms with Crippen molar-refractivity contribution in [2.75, 3.05) is 19.6 Å². The highest BCUT2D eigenvalue weighted by atomic mass is 16.1. The van der Waals surface area contributed by atoms with Crippen LogP contribution in [0.25, 0.3) is 5.65 Å². The van der Waals surface area contributed by atoms with Crippen LogP contribution in [0, 0.1) is 37.0 Å². The van der Waals surface area contributed by atoms with Crippen molar-refractivity contribution in [3.8, 4) is 6.07 Å². The molecule has 1 fully saturated rings. The number of carbonyl (C=O) groups is 1. The van der Waals surface area contributed by atoms with E-state index in [4.69, 9.17) is 0 Å². The molecule has 156 valence electrons. The third kappa shape index (κ3) is 4.94. The number of piperidine rings is 1. The van der Waals surface area contributed by atoms with Gasteiger partial charge in [-0.3, -0.25) is 4.79 Å². The van der Waals surface area contributed by atoms with E-state index in [1.165, 1.54) is 12.6 Å². The number of nitriles is 1. The molecule has 7 heteroatoms. The number of nitrogens with zero attached hydrogens (tertiary/aromatic N) is 5. The van der Waals surface area contributed by atoms with Gasteiger partial charge in [-0.05, 0) is 51.0 Å². The van der Waals surface area contributed by atoms with Gasteiger partial charge in [0.2, 0.25) is 5.91 Å². The lowest BCUT2D eigenvalue weighted by Crippen LogP contribution is -2.47. The molecule has 0 saturated carbocycles. The van der Waals surface area contributed by atoms with E-state index in [0.717, 1.165) is 48.4 Å². The number of rotatable bonds is 6. The molecule has 1 N–H and O–H groups in total. The molecule has 7 nitrogen and oxygen atoms in total. The molecule has 3 unspecified atom stereocenters. The predicted molar refractivity (Wildman–Crippen MR) is 112 cm³/mol. The normalized spacial score (nSPS) is 21.1. The maximum atomic E-state index is 12.5. The molecule has 1 aliphatic heterocycles. The minimum atomic E-state index is 0.0627. The Labute approximate surface area is 173 Å². The highest BCUT2D eigenvalue weighted by molar-refractivity contribution is 5.76. The summed E-state index contributed by atoms with van der Waals surface area (Å²) in [4.78, 5) is 19.5. The second kappa shape index (κ2) is 8.91. The number of hydrogen-bond donors (Lipinski definition) is 1. The third-order valence-electron chi connectivity index (χ3n) is 5.82. The van der Waals surface area contributed by atoms with Crippen molar-refractivity contribution in [1.29, 1.82) is 5.26 Å². The van der Waals surface area contributed by atoms with Crippen LogP contribution in [-0.4, -0.2) is 51.1 Å². The number of fused-ring (bicyclic) bond motifs is 1. The Morgan fingerprint density at radius 1 is 1.34 bits per heavy atom. The first-order valence-electron chi connectivity index (χ1n) is 10.5. The SMILES string of the molecule is Cc1nc2c(C#N)cnn2c(C)c1CCC(=O)NC(C)CN1CC(C)CC(C)C1. The lowest BCUT2D eigenvalue weighted by atomic mass is 9.92. The standard InChI is InChI=1S/C22H32N6O/c1-14-8-15(2)12-27(11-14)13-16(3)25-21(29)7-6-20-17(4)26-22-19(9-23)10-24-28(22)18(20)5/h10,14-16H,6-8,11-13H2,1-5H3,(H,25,29). The largest absolute Gasteiger partial charge is 0.352 e. The van der Waals surface area contributed by atoms with Gasteiger partial charge >= 0.3 is 0 Å². The summed E-state index contributed by atoms with van der Waals surface area (Å²) in [5, 5.41) is 16.6. The molecule has 1 amide bonds. The highest BCUT2D eigenvalue weighted by Crippen LogP contribution is 2.21. The zero-order valence-corrected chi connectivity index (χ0v) is 18.2. The van der Waals surface area contributed by atoms with E-state index < -0.39 is 0 Å². The third-order valence-corrected chi connectivity index (χ3v) is 5.82. The number of carbonyl (C=O) groups excluding carboxylic acids is 1. The first kappa shape index (κ1) is 21.3. The van der Waals surface area contributed by atoms with E-state index >= 15 is 0 Å². The number of aryl methyl sites for hydroxylation is 2. The van der Waals surface area contributed by atoms with Crippen molar-refractivity contribution < 1.29 is 4.79 Å². The number of hydrogen-bond acceptors (Lipinski definition) is 5. The van der Waals surface area contributed by atoms with Crippen LogP contribution < -0.4 is 5.32 Å². The molecule has 0 aromatic carbocycles. The first-order valence-corrected chi connectivity index (χ1v) is 10.5. The van der Waals surface area contributed by atoms with Crippen LogP contribution in [0.1, 0.15) is 56.1 Å². The van der Waals surface area contributed by atoms with Gasteiger partial charge in [0.15, 0.2) is 5.65 Å². The maximum Gasteiger partial charge on any atom is 0.220 e. The van der Waals surface area contributed by atoms with Gasteiger partial charge in [-0.1, -0.05) is 13.8 Å². The molecule has 0 aliphatic carbocycles. The molecule has 1 aliphatic rings. The van der Waals surface area contributed by atoms with Gasteiger partial charge in [0.05, 0.1) is 6.20 Å². The smallest absolute Gasteiger partial charge is 0.220 e. The fraction of sp³-hybridized carbons (Fsp3) is 0.636. The van der Waals surface area contributed by atoms with E-state index in [2.05, 4.69) is 47.1 Å². The second-order valence-corrected chi connectivity index (χ2v) is 8.80. The summed E-state index contributed by atoms with van der Waals surface area (Å²) in [5.74, 6) is 1.51. The molecule has 0 radical (unpaired) electrons. The van der Waals surface area contributed by atoms with Crippen molar-refractivity contribution >= 4 is 11.6 Å². The Kier molecular flexibility index (Phi) is 6.53. The summed E-state index contributed by atoms with van der Waals surface area (Å²) in [6, 6.07) is 2.25. The lowest BCUT2D eigenvalue weighted by molar-refractivity contribution is -0.121. The molecule has 0 bridgehead atoms. The number of amides is 1. The van der Waals surface area contributed by atoms with E-state index in [-0.39, 0.29) is 11.9 Å². The van der Waals surface area contributed by atoms with Gasteiger partial charge in [0.1, 0.15) is 11.6 Å².